The zero-order chi connectivity index (χ0) is 12.5. The van der Waals surface area contributed by atoms with Crippen LogP contribution < -0.4 is 10.2 Å². The van der Waals surface area contributed by atoms with Gasteiger partial charge in [-0.1, -0.05) is 6.07 Å². The summed E-state index contributed by atoms with van der Waals surface area (Å²) in [6.07, 6.45) is -4.76. The summed E-state index contributed by atoms with van der Waals surface area (Å²) >= 11 is 0. The van der Waals surface area contributed by atoms with E-state index in [0.717, 1.165) is 0 Å². The third kappa shape index (κ3) is 2.30. The Morgan fingerprint density at radius 2 is 1.50 bits per heavy atom. The van der Waals surface area contributed by atoms with Gasteiger partial charge in [0, 0.05) is 11.1 Å². The van der Waals surface area contributed by atoms with Gasteiger partial charge in [-0.3, -0.25) is 0 Å². The van der Waals surface area contributed by atoms with Gasteiger partial charge in [0.25, 0.3) is 0 Å². The molecule has 0 aliphatic heterocycles. The summed E-state index contributed by atoms with van der Waals surface area (Å²) in [5.74, 6) is -3.89. The van der Waals surface area contributed by atoms with Crippen LogP contribution in [0.25, 0.3) is 0 Å². The first-order chi connectivity index (χ1) is 7.23. The van der Waals surface area contributed by atoms with Crippen molar-refractivity contribution in [1.29, 1.82) is 0 Å². The van der Waals surface area contributed by atoms with Crippen molar-refractivity contribution >= 4 is 11.9 Å². The van der Waals surface area contributed by atoms with E-state index in [-0.39, 0.29) is 6.07 Å². The Morgan fingerprint density at radius 3 is 1.88 bits per heavy atom. The third-order valence-corrected chi connectivity index (χ3v) is 1.79. The second-order valence-corrected chi connectivity index (χ2v) is 2.83. The number of carbonyl (C=O) groups excluding carboxylic acids is 2. The molecule has 0 unspecified atom stereocenters. The zero-order valence-corrected chi connectivity index (χ0v) is 7.50. The van der Waals surface area contributed by atoms with Crippen LogP contribution in [0.5, 0.6) is 0 Å². The molecular formula is C9H3F3O4-2. The quantitative estimate of drug-likeness (QED) is 0.684. The van der Waals surface area contributed by atoms with E-state index in [1.165, 1.54) is 0 Å². The van der Waals surface area contributed by atoms with Crippen LogP contribution in [-0.2, 0) is 6.18 Å². The van der Waals surface area contributed by atoms with Crippen molar-refractivity contribution in [3.8, 4) is 0 Å². The lowest BCUT2D eigenvalue weighted by molar-refractivity contribution is -0.259. The fraction of sp³-hybridized carbons (Fsp3) is 0.111. The van der Waals surface area contributed by atoms with E-state index >= 15 is 0 Å². The Kier molecular flexibility index (Phi) is 2.88. The second-order valence-electron chi connectivity index (χ2n) is 2.83. The molecule has 0 aliphatic carbocycles. The number of rotatable bonds is 2. The molecule has 1 rings (SSSR count). The zero-order valence-electron chi connectivity index (χ0n) is 7.50. The number of alkyl halides is 3. The standard InChI is InChI=1S/C9H5F3O4/c10-9(11,12)4-1-2-5(7(13)14)6(3-4)8(15)16/h1-3H,(H,13,14)(H,15,16)/p-2. The van der Waals surface area contributed by atoms with Crippen LogP contribution in [0, 0.1) is 0 Å². The van der Waals surface area contributed by atoms with Gasteiger partial charge >= 0.3 is 6.18 Å². The normalized spacial score (nSPS) is 11.2. The van der Waals surface area contributed by atoms with Crippen molar-refractivity contribution in [3.63, 3.8) is 0 Å². The SMILES string of the molecule is O=C([O-])c1ccc(C(F)(F)F)cc1C(=O)[O-]. The highest BCUT2D eigenvalue weighted by Gasteiger charge is 2.31. The van der Waals surface area contributed by atoms with E-state index in [2.05, 4.69) is 0 Å². The fourth-order valence-electron chi connectivity index (χ4n) is 1.07. The molecule has 0 saturated carbocycles. The molecule has 1 aromatic rings. The average Bonchev–Trinajstić information content (AvgIpc) is 2.15. The van der Waals surface area contributed by atoms with Gasteiger partial charge in [0.05, 0.1) is 17.5 Å². The Morgan fingerprint density at radius 1 is 1.00 bits per heavy atom. The van der Waals surface area contributed by atoms with Crippen molar-refractivity contribution in [1.82, 2.24) is 0 Å². The summed E-state index contributed by atoms with van der Waals surface area (Å²) in [5, 5.41) is 20.8. The topological polar surface area (TPSA) is 80.3 Å². The van der Waals surface area contributed by atoms with Gasteiger partial charge in [0.15, 0.2) is 0 Å². The highest BCUT2D eigenvalue weighted by molar-refractivity contribution is 6.00. The Labute approximate surface area is 86.9 Å². The molecule has 0 radical (unpaired) electrons. The lowest BCUT2D eigenvalue weighted by Crippen LogP contribution is -2.30. The molecule has 86 valence electrons. The summed E-state index contributed by atoms with van der Waals surface area (Å²) in [7, 11) is 0. The maximum absolute atomic E-state index is 12.2. The van der Waals surface area contributed by atoms with Gasteiger partial charge in [-0.05, 0) is 12.1 Å². The molecule has 0 amide bonds. The molecule has 0 aliphatic rings. The average molecular weight is 232 g/mol. The van der Waals surface area contributed by atoms with Crippen molar-refractivity contribution in [2.24, 2.45) is 0 Å². The van der Waals surface area contributed by atoms with Gasteiger partial charge < -0.3 is 19.8 Å². The maximum atomic E-state index is 12.2. The van der Waals surface area contributed by atoms with Crippen LogP contribution in [0.15, 0.2) is 18.2 Å². The molecule has 4 nitrogen and oxygen atoms in total. The van der Waals surface area contributed by atoms with Gasteiger partial charge in [-0.15, -0.1) is 0 Å². The number of halogens is 3. The first-order valence-corrected chi connectivity index (χ1v) is 3.87. The van der Waals surface area contributed by atoms with Crippen molar-refractivity contribution < 1.29 is 33.0 Å². The van der Waals surface area contributed by atoms with Crippen LogP contribution in [-0.4, -0.2) is 11.9 Å². The van der Waals surface area contributed by atoms with Crippen molar-refractivity contribution in [2.75, 3.05) is 0 Å². The molecule has 0 heterocycles. The molecule has 0 fully saturated rings. The first kappa shape index (κ1) is 12.0. The number of carboxylic acids is 2. The van der Waals surface area contributed by atoms with Gasteiger partial charge in [-0.2, -0.15) is 13.2 Å². The minimum absolute atomic E-state index is 0.195. The smallest absolute Gasteiger partial charge is 0.416 e. The van der Waals surface area contributed by atoms with E-state index in [4.69, 9.17) is 0 Å². The Hall–Kier alpha value is -2.05. The van der Waals surface area contributed by atoms with Crippen LogP contribution in [0.1, 0.15) is 26.3 Å². The van der Waals surface area contributed by atoms with Gasteiger partial charge in [0.2, 0.25) is 0 Å². The number of hydrogen-bond acceptors (Lipinski definition) is 4. The van der Waals surface area contributed by atoms with Gasteiger partial charge in [0.1, 0.15) is 0 Å². The van der Waals surface area contributed by atoms with Crippen LogP contribution >= 0.6 is 0 Å². The number of aromatic carboxylic acids is 2. The minimum atomic E-state index is -4.76. The first-order valence-electron chi connectivity index (χ1n) is 3.87. The Balaban J connectivity index is 3.40. The summed E-state index contributed by atoms with van der Waals surface area (Å²) < 4.78 is 36.6. The molecule has 0 bridgehead atoms. The number of carbonyl (C=O) groups is 2. The van der Waals surface area contributed by atoms with E-state index in [0.29, 0.717) is 12.1 Å². The van der Waals surface area contributed by atoms with Crippen LogP contribution in [0.3, 0.4) is 0 Å². The largest absolute Gasteiger partial charge is 0.545 e. The minimum Gasteiger partial charge on any atom is -0.545 e. The highest BCUT2D eigenvalue weighted by Crippen LogP contribution is 2.30. The van der Waals surface area contributed by atoms with E-state index in [9.17, 15) is 33.0 Å². The maximum Gasteiger partial charge on any atom is 0.416 e. The third-order valence-electron chi connectivity index (χ3n) is 1.79. The molecule has 16 heavy (non-hydrogen) atoms. The predicted molar refractivity (Wildman–Crippen MR) is 40.1 cm³/mol. The second kappa shape index (κ2) is 3.84. The summed E-state index contributed by atoms with van der Waals surface area (Å²) in [4.78, 5) is 20.8. The molecule has 0 spiro atoms. The molecule has 1 aromatic carbocycles. The van der Waals surface area contributed by atoms with E-state index in [1.54, 1.807) is 0 Å². The number of benzene rings is 1. The van der Waals surface area contributed by atoms with Crippen molar-refractivity contribution in [3.05, 3.63) is 34.9 Å². The fourth-order valence-corrected chi connectivity index (χ4v) is 1.07. The monoisotopic (exact) mass is 232 g/mol. The van der Waals surface area contributed by atoms with Gasteiger partial charge in [-0.25, -0.2) is 0 Å². The summed E-state index contributed by atoms with van der Waals surface area (Å²) in [5.41, 5.74) is -3.18. The van der Waals surface area contributed by atoms with Crippen LogP contribution in [0.2, 0.25) is 0 Å². The van der Waals surface area contributed by atoms with Crippen LogP contribution in [0.4, 0.5) is 13.2 Å². The Bertz CT molecular complexity index is 451. The number of carboxylic acid groups (broad SMARTS) is 2. The number of hydrogen-bond donors (Lipinski definition) is 0. The molecule has 0 atom stereocenters. The molecule has 7 heteroatoms. The molecule has 0 N–H and O–H groups in total. The van der Waals surface area contributed by atoms with Crippen molar-refractivity contribution in [2.45, 2.75) is 6.18 Å². The lowest BCUT2D eigenvalue weighted by atomic mass is 10.0. The molecule has 0 aromatic heterocycles. The van der Waals surface area contributed by atoms with E-state index in [1.807, 2.05) is 0 Å². The summed E-state index contributed by atoms with van der Waals surface area (Å²) in [6, 6.07) is 1.17. The summed E-state index contributed by atoms with van der Waals surface area (Å²) in [6.45, 7) is 0. The highest BCUT2D eigenvalue weighted by atomic mass is 19.4. The predicted octanol–water partition coefficient (Wildman–Crippen LogP) is -0.568. The molecule has 0 saturated heterocycles. The van der Waals surface area contributed by atoms with E-state index < -0.39 is 34.8 Å². The molecular weight excluding hydrogens is 229 g/mol. The lowest BCUT2D eigenvalue weighted by Gasteiger charge is -2.14.